The van der Waals surface area contributed by atoms with Gasteiger partial charge in [-0.05, 0) is 32.0 Å². The number of fused-ring (bicyclic) bond motifs is 1. The maximum absolute atomic E-state index is 11.8. The number of carbonyl (C=O) groups excluding carboxylic acids is 2. The molecule has 3 N–H and O–H groups in total. The lowest BCUT2D eigenvalue weighted by Gasteiger charge is -2.07. The van der Waals surface area contributed by atoms with Crippen LogP contribution >= 0.6 is 0 Å². The topological polar surface area (TPSA) is 87.8 Å². The lowest BCUT2D eigenvalue weighted by molar-refractivity contribution is 0.0693. The fourth-order valence-corrected chi connectivity index (χ4v) is 1.90. The number of amides is 2. The van der Waals surface area contributed by atoms with Crippen LogP contribution in [0.3, 0.4) is 0 Å². The van der Waals surface area contributed by atoms with Gasteiger partial charge in [0.2, 0.25) is 0 Å². The number of carbonyl (C=O) groups is 2. The zero-order chi connectivity index (χ0) is 14.2. The molecule has 6 nitrogen and oxygen atoms in total. The van der Waals surface area contributed by atoms with E-state index in [1.807, 2.05) is 13.8 Å². The third-order valence-electron chi connectivity index (χ3n) is 2.76. The molecule has 0 aromatic heterocycles. The Hall–Kier alpha value is -2.37. The Bertz CT molecular complexity index is 578. The Morgan fingerprint density at radius 3 is 2.53 bits per heavy atom. The summed E-state index contributed by atoms with van der Waals surface area (Å²) >= 11 is 0. The standard InChI is InChI=1S/C13H16N4O2/c1-7(2)15-13(14)16-8-4-5-9-10(6-8)12(19)17(3)11(9)18/h4-7H,1-3H3,(H3,14,15,16). The van der Waals surface area contributed by atoms with E-state index in [0.717, 1.165) is 4.90 Å². The average Bonchev–Trinajstić information content (AvgIpc) is 2.53. The maximum atomic E-state index is 11.8. The van der Waals surface area contributed by atoms with Crippen molar-refractivity contribution in [2.45, 2.75) is 19.9 Å². The molecular weight excluding hydrogens is 244 g/mol. The number of nitrogens with one attached hydrogen (secondary N) is 1. The van der Waals surface area contributed by atoms with Gasteiger partial charge >= 0.3 is 0 Å². The highest BCUT2D eigenvalue weighted by molar-refractivity contribution is 6.21. The van der Waals surface area contributed by atoms with Crippen LogP contribution in [-0.4, -0.2) is 35.8 Å². The number of rotatable bonds is 2. The minimum Gasteiger partial charge on any atom is -0.370 e. The fourth-order valence-electron chi connectivity index (χ4n) is 1.90. The predicted octanol–water partition coefficient (Wildman–Crippen LogP) is 1.05. The van der Waals surface area contributed by atoms with Gasteiger partial charge in [0, 0.05) is 18.8 Å². The molecule has 100 valence electrons. The molecule has 0 unspecified atom stereocenters. The van der Waals surface area contributed by atoms with E-state index in [2.05, 4.69) is 10.3 Å². The summed E-state index contributed by atoms with van der Waals surface area (Å²) in [6.45, 7) is 3.82. The predicted molar refractivity (Wildman–Crippen MR) is 73.2 cm³/mol. The van der Waals surface area contributed by atoms with E-state index in [-0.39, 0.29) is 23.8 Å². The summed E-state index contributed by atoms with van der Waals surface area (Å²) in [5.74, 6) is -0.307. The van der Waals surface area contributed by atoms with Crippen molar-refractivity contribution in [3.63, 3.8) is 0 Å². The Morgan fingerprint density at radius 2 is 1.89 bits per heavy atom. The van der Waals surface area contributed by atoms with Crippen LogP contribution in [-0.2, 0) is 0 Å². The normalized spacial score (nSPS) is 15.2. The number of guanidine groups is 1. The van der Waals surface area contributed by atoms with Crippen LogP contribution in [0, 0.1) is 0 Å². The second-order valence-corrected chi connectivity index (χ2v) is 4.66. The van der Waals surface area contributed by atoms with Crippen LogP contribution in [0.5, 0.6) is 0 Å². The highest BCUT2D eigenvalue weighted by atomic mass is 16.2. The second-order valence-electron chi connectivity index (χ2n) is 4.66. The smallest absolute Gasteiger partial charge is 0.261 e. The molecule has 0 fully saturated rings. The van der Waals surface area contributed by atoms with Crippen molar-refractivity contribution in [1.29, 1.82) is 0 Å². The molecule has 0 saturated heterocycles. The third kappa shape index (κ3) is 2.42. The van der Waals surface area contributed by atoms with Crippen molar-refractivity contribution in [2.24, 2.45) is 10.7 Å². The number of aliphatic imine (C=N–C) groups is 1. The van der Waals surface area contributed by atoms with Crippen LogP contribution in [0.15, 0.2) is 23.2 Å². The van der Waals surface area contributed by atoms with Crippen LogP contribution in [0.2, 0.25) is 0 Å². The lowest BCUT2D eigenvalue weighted by atomic mass is 10.1. The zero-order valence-electron chi connectivity index (χ0n) is 11.1. The fraction of sp³-hybridized carbons (Fsp3) is 0.308. The van der Waals surface area contributed by atoms with Gasteiger partial charge in [0.15, 0.2) is 5.96 Å². The van der Waals surface area contributed by atoms with E-state index in [1.54, 1.807) is 18.2 Å². The molecule has 1 heterocycles. The monoisotopic (exact) mass is 260 g/mol. The van der Waals surface area contributed by atoms with Crippen LogP contribution in [0.4, 0.5) is 5.69 Å². The van der Waals surface area contributed by atoms with Gasteiger partial charge in [-0.3, -0.25) is 19.5 Å². The molecule has 2 amide bonds. The van der Waals surface area contributed by atoms with Crippen LogP contribution in [0.25, 0.3) is 0 Å². The third-order valence-corrected chi connectivity index (χ3v) is 2.76. The first-order valence-electron chi connectivity index (χ1n) is 5.97. The lowest BCUT2D eigenvalue weighted by Crippen LogP contribution is -2.24. The molecule has 2 rings (SSSR count). The van der Waals surface area contributed by atoms with E-state index < -0.39 is 0 Å². The molecule has 0 saturated carbocycles. The van der Waals surface area contributed by atoms with Gasteiger partial charge in [0.05, 0.1) is 11.1 Å². The van der Waals surface area contributed by atoms with Crippen molar-refractivity contribution < 1.29 is 9.59 Å². The summed E-state index contributed by atoms with van der Waals surface area (Å²) in [7, 11) is 1.46. The van der Waals surface area contributed by atoms with E-state index in [4.69, 9.17) is 5.73 Å². The summed E-state index contributed by atoms with van der Waals surface area (Å²) < 4.78 is 0. The number of hydrogen-bond acceptors (Lipinski definition) is 3. The van der Waals surface area contributed by atoms with Gasteiger partial charge in [-0.2, -0.15) is 0 Å². The van der Waals surface area contributed by atoms with E-state index in [9.17, 15) is 9.59 Å². The van der Waals surface area contributed by atoms with Crippen molar-refractivity contribution in [3.8, 4) is 0 Å². The van der Waals surface area contributed by atoms with Crippen molar-refractivity contribution >= 4 is 23.5 Å². The number of anilines is 1. The van der Waals surface area contributed by atoms with Gasteiger partial charge in [-0.25, -0.2) is 0 Å². The molecule has 19 heavy (non-hydrogen) atoms. The highest BCUT2D eigenvalue weighted by Gasteiger charge is 2.32. The van der Waals surface area contributed by atoms with E-state index in [1.165, 1.54) is 7.05 Å². The van der Waals surface area contributed by atoms with Gasteiger partial charge in [-0.1, -0.05) is 0 Å². The van der Waals surface area contributed by atoms with E-state index >= 15 is 0 Å². The summed E-state index contributed by atoms with van der Waals surface area (Å²) in [6.07, 6.45) is 0. The Labute approximate surface area is 111 Å². The van der Waals surface area contributed by atoms with Gasteiger partial charge in [0.1, 0.15) is 0 Å². The maximum Gasteiger partial charge on any atom is 0.261 e. The first kappa shape index (κ1) is 13.1. The summed E-state index contributed by atoms with van der Waals surface area (Å²) in [5.41, 5.74) is 7.15. The molecule has 1 aromatic rings. The number of hydrogen-bond donors (Lipinski definition) is 2. The molecule has 0 aliphatic carbocycles. The Kier molecular flexibility index (Phi) is 3.25. The summed E-state index contributed by atoms with van der Waals surface area (Å²) in [6, 6.07) is 5.01. The zero-order valence-corrected chi connectivity index (χ0v) is 11.1. The molecular formula is C13H16N4O2. The quantitative estimate of drug-likeness (QED) is 0.472. The number of imide groups is 1. The molecule has 1 aliphatic heterocycles. The summed E-state index contributed by atoms with van der Waals surface area (Å²) in [4.78, 5) is 28.8. The molecule has 0 bridgehead atoms. The van der Waals surface area contributed by atoms with Crippen molar-refractivity contribution in [2.75, 3.05) is 12.4 Å². The minimum atomic E-state index is -0.303. The van der Waals surface area contributed by atoms with Crippen molar-refractivity contribution in [3.05, 3.63) is 29.3 Å². The SMILES string of the molecule is CC(C)N=C(N)Nc1ccc2c(c1)C(=O)N(C)C2=O. The largest absolute Gasteiger partial charge is 0.370 e. The van der Waals surface area contributed by atoms with Gasteiger partial charge in [-0.15, -0.1) is 0 Å². The minimum absolute atomic E-state index is 0.0799. The van der Waals surface area contributed by atoms with E-state index in [0.29, 0.717) is 16.8 Å². The average molecular weight is 260 g/mol. The Morgan fingerprint density at radius 1 is 1.26 bits per heavy atom. The first-order chi connectivity index (χ1) is 8.90. The van der Waals surface area contributed by atoms with Crippen LogP contribution < -0.4 is 11.1 Å². The summed E-state index contributed by atoms with van der Waals surface area (Å²) in [5, 5.41) is 2.90. The molecule has 6 heteroatoms. The molecule has 0 atom stereocenters. The van der Waals surface area contributed by atoms with Gasteiger partial charge in [0.25, 0.3) is 11.8 Å². The number of nitrogens with two attached hydrogens (primary N) is 1. The second kappa shape index (κ2) is 4.72. The molecule has 0 spiro atoms. The molecule has 1 aromatic carbocycles. The van der Waals surface area contributed by atoms with Crippen molar-refractivity contribution in [1.82, 2.24) is 4.90 Å². The Balaban J connectivity index is 2.29. The number of benzene rings is 1. The molecule has 1 aliphatic rings. The van der Waals surface area contributed by atoms with Crippen LogP contribution in [0.1, 0.15) is 34.6 Å². The first-order valence-corrected chi connectivity index (χ1v) is 5.97. The number of nitrogens with zero attached hydrogens (tertiary/aromatic N) is 2. The van der Waals surface area contributed by atoms with Gasteiger partial charge < -0.3 is 11.1 Å². The molecule has 0 radical (unpaired) electrons. The highest BCUT2D eigenvalue weighted by Crippen LogP contribution is 2.24.